The van der Waals surface area contributed by atoms with Crippen LogP contribution in [0.4, 0.5) is 0 Å². The molecule has 0 bridgehead atoms. The third kappa shape index (κ3) is 1.82. The molecular weight excluding hydrogens is 224 g/mol. The van der Waals surface area contributed by atoms with Crippen LogP contribution in [0.3, 0.4) is 0 Å². The molecule has 1 fully saturated rings. The smallest absolute Gasteiger partial charge is 0.124 e. The monoisotopic (exact) mass is 246 g/mol. The van der Waals surface area contributed by atoms with Crippen molar-refractivity contribution in [2.75, 3.05) is 13.2 Å². The van der Waals surface area contributed by atoms with Crippen molar-refractivity contribution in [3.8, 4) is 5.75 Å². The molecule has 0 saturated carbocycles. The summed E-state index contributed by atoms with van der Waals surface area (Å²) in [5.74, 6) is 0.957. The fourth-order valence-electron chi connectivity index (χ4n) is 3.40. The largest absolute Gasteiger partial charge is 0.492 e. The van der Waals surface area contributed by atoms with Crippen molar-refractivity contribution >= 4 is 0 Å². The maximum absolute atomic E-state index is 6.47. The maximum Gasteiger partial charge on any atom is 0.124 e. The van der Waals surface area contributed by atoms with Crippen LogP contribution in [0.25, 0.3) is 0 Å². The molecule has 1 aromatic carbocycles. The van der Waals surface area contributed by atoms with E-state index in [1.165, 1.54) is 12.8 Å². The van der Waals surface area contributed by atoms with Gasteiger partial charge < -0.3 is 10.5 Å². The Morgan fingerprint density at radius 1 is 1.33 bits per heavy atom. The minimum atomic E-state index is 0.0623. The highest BCUT2D eigenvalue weighted by molar-refractivity contribution is 5.38. The molecule has 0 amide bonds. The lowest BCUT2D eigenvalue weighted by Crippen LogP contribution is -2.54. The van der Waals surface area contributed by atoms with Gasteiger partial charge in [0.15, 0.2) is 0 Å². The van der Waals surface area contributed by atoms with Gasteiger partial charge in [0.1, 0.15) is 12.4 Å². The zero-order valence-corrected chi connectivity index (χ0v) is 11.2. The normalized spacial score (nSPS) is 30.8. The lowest BCUT2D eigenvalue weighted by atomic mass is 9.92. The highest BCUT2D eigenvalue weighted by Crippen LogP contribution is 2.38. The number of hydrogen-bond donors (Lipinski definition) is 1. The molecule has 2 aliphatic heterocycles. The van der Waals surface area contributed by atoms with Gasteiger partial charge in [-0.1, -0.05) is 18.2 Å². The van der Waals surface area contributed by atoms with Crippen molar-refractivity contribution in [1.29, 1.82) is 0 Å². The lowest BCUT2D eigenvalue weighted by Gasteiger charge is -2.43. The van der Waals surface area contributed by atoms with E-state index in [-0.39, 0.29) is 11.6 Å². The van der Waals surface area contributed by atoms with Gasteiger partial charge in [-0.15, -0.1) is 0 Å². The summed E-state index contributed by atoms with van der Waals surface area (Å²) in [6.07, 6.45) is 2.51. The number of ether oxygens (including phenoxy) is 1. The number of fused-ring (bicyclic) bond motifs is 1. The zero-order valence-electron chi connectivity index (χ0n) is 11.2. The third-order valence-electron chi connectivity index (χ3n) is 4.47. The van der Waals surface area contributed by atoms with Gasteiger partial charge in [-0.3, -0.25) is 4.90 Å². The number of rotatable bonds is 1. The minimum absolute atomic E-state index is 0.0623. The minimum Gasteiger partial charge on any atom is -0.492 e. The summed E-state index contributed by atoms with van der Waals surface area (Å²) >= 11 is 0. The highest BCUT2D eigenvalue weighted by Gasteiger charge is 2.41. The Balaban J connectivity index is 1.89. The molecule has 2 aliphatic rings. The Labute approximate surface area is 109 Å². The first-order valence-corrected chi connectivity index (χ1v) is 6.84. The first-order chi connectivity index (χ1) is 8.59. The molecule has 1 saturated heterocycles. The van der Waals surface area contributed by atoms with E-state index in [0.29, 0.717) is 12.6 Å². The van der Waals surface area contributed by atoms with Crippen molar-refractivity contribution < 1.29 is 4.74 Å². The molecule has 18 heavy (non-hydrogen) atoms. The molecule has 98 valence electrons. The number of nitrogens with zero attached hydrogens (tertiary/aromatic N) is 1. The molecule has 2 N–H and O–H groups in total. The van der Waals surface area contributed by atoms with E-state index in [9.17, 15) is 0 Å². The summed E-state index contributed by atoms with van der Waals surface area (Å²) in [5.41, 5.74) is 7.87. The van der Waals surface area contributed by atoms with Crippen LogP contribution in [0.2, 0.25) is 0 Å². The molecule has 2 heterocycles. The second-order valence-electron chi connectivity index (χ2n) is 6.05. The summed E-state index contributed by atoms with van der Waals surface area (Å²) in [6.45, 7) is 6.47. The first-order valence-electron chi connectivity index (χ1n) is 6.84. The fraction of sp³-hybridized carbons (Fsp3) is 0.600. The standard InChI is InChI=1S/C15H22N2O/c1-15(2)8-5-9-17(15)12-10-18-13-7-4-3-6-11(13)14(12)16/h3-4,6-7,12,14H,5,8-10,16H2,1-2H3. The highest BCUT2D eigenvalue weighted by atomic mass is 16.5. The number of likely N-dealkylation sites (tertiary alicyclic amines) is 1. The van der Waals surface area contributed by atoms with Crippen LogP contribution in [0.1, 0.15) is 38.3 Å². The molecule has 0 aliphatic carbocycles. The van der Waals surface area contributed by atoms with Crippen LogP contribution in [0, 0.1) is 0 Å². The summed E-state index contributed by atoms with van der Waals surface area (Å²) in [4.78, 5) is 2.54. The summed E-state index contributed by atoms with van der Waals surface area (Å²) in [7, 11) is 0. The van der Waals surface area contributed by atoms with Crippen LogP contribution in [0.15, 0.2) is 24.3 Å². The van der Waals surface area contributed by atoms with E-state index >= 15 is 0 Å². The number of para-hydroxylation sites is 1. The summed E-state index contributed by atoms with van der Waals surface area (Å²) in [6, 6.07) is 8.52. The van der Waals surface area contributed by atoms with Gasteiger partial charge in [-0.2, -0.15) is 0 Å². The number of hydrogen-bond acceptors (Lipinski definition) is 3. The van der Waals surface area contributed by atoms with Crippen molar-refractivity contribution in [3.05, 3.63) is 29.8 Å². The van der Waals surface area contributed by atoms with Crippen LogP contribution in [-0.4, -0.2) is 29.6 Å². The molecule has 3 rings (SSSR count). The summed E-state index contributed by atoms with van der Waals surface area (Å²) in [5, 5.41) is 0. The van der Waals surface area contributed by atoms with Crippen molar-refractivity contribution in [2.24, 2.45) is 5.73 Å². The predicted octanol–water partition coefficient (Wildman–Crippen LogP) is 2.32. The predicted molar refractivity (Wildman–Crippen MR) is 72.7 cm³/mol. The lowest BCUT2D eigenvalue weighted by molar-refractivity contribution is 0.0511. The van der Waals surface area contributed by atoms with Crippen LogP contribution in [-0.2, 0) is 0 Å². The van der Waals surface area contributed by atoms with E-state index in [1.807, 2.05) is 18.2 Å². The summed E-state index contributed by atoms with van der Waals surface area (Å²) < 4.78 is 5.89. The Morgan fingerprint density at radius 2 is 2.11 bits per heavy atom. The first kappa shape index (κ1) is 12.0. The van der Waals surface area contributed by atoms with E-state index in [4.69, 9.17) is 10.5 Å². The molecule has 0 radical (unpaired) electrons. The van der Waals surface area contributed by atoms with Crippen LogP contribution >= 0.6 is 0 Å². The quantitative estimate of drug-likeness (QED) is 0.826. The van der Waals surface area contributed by atoms with Crippen molar-refractivity contribution in [2.45, 2.75) is 44.3 Å². The Bertz CT molecular complexity index is 444. The number of benzene rings is 1. The molecule has 3 nitrogen and oxygen atoms in total. The Hall–Kier alpha value is -1.06. The van der Waals surface area contributed by atoms with Crippen LogP contribution in [0.5, 0.6) is 5.75 Å². The topological polar surface area (TPSA) is 38.5 Å². The molecule has 0 aromatic heterocycles. The van der Waals surface area contributed by atoms with Gasteiger partial charge in [0.2, 0.25) is 0 Å². The average molecular weight is 246 g/mol. The van der Waals surface area contributed by atoms with Crippen LogP contribution < -0.4 is 10.5 Å². The molecule has 3 heteroatoms. The van der Waals surface area contributed by atoms with E-state index < -0.39 is 0 Å². The SMILES string of the molecule is CC1(C)CCCN1C1COc2ccccc2C1N. The van der Waals surface area contributed by atoms with Gasteiger partial charge in [0.25, 0.3) is 0 Å². The van der Waals surface area contributed by atoms with Gasteiger partial charge in [-0.05, 0) is 39.3 Å². The second kappa shape index (κ2) is 4.25. The molecule has 2 unspecified atom stereocenters. The molecule has 0 spiro atoms. The van der Waals surface area contributed by atoms with Gasteiger partial charge in [0.05, 0.1) is 12.1 Å². The number of nitrogens with two attached hydrogens (primary N) is 1. The molecule has 1 aromatic rings. The van der Waals surface area contributed by atoms with E-state index in [1.54, 1.807) is 0 Å². The fourth-order valence-corrected chi connectivity index (χ4v) is 3.40. The molecule has 2 atom stereocenters. The Kier molecular flexibility index (Phi) is 2.83. The van der Waals surface area contributed by atoms with E-state index in [2.05, 4.69) is 24.8 Å². The van der Waals surface area contributed by atoms with Crippen molar-refractivity contribution in [1.82, 2.24) is 4.90 Å². The second-order valence-corrected chi connectivity index (χ2v) is 6.05. The van der Waals surface area contributed by atoms with Crippen molar-refractivity contribution in [3.63, 3.8) is 0 Å². The van der Waals surface area contributed by atoms with Gasteiger partial charge >= 0.3 is 0 Å². The van der Waals surface area contributed by atoms with Gasteiger partial charge in [-0.25, -0.2) is 0 Å². The van der Waals surface area contributed by atoms with Gasteiger partial charge in [0, 0.05) is 11.1 Å². The molecular formula is C15H22N2O. The zero-order chi connectivity index (χ0) is 12.8. The third-order valence-corrected chi connectivity index (χ3v) is 4.47. The Morgan fingerprint density at radius 3 is 2.83 bits per heavy atom. The maximum atomic E-state index is 6.47. The average Bonchev–Trinajstić information content (AvgIpc) is 2.70. The van der Waals surface area contributed by atoms with E-state index in [0.717, 1.165) is 17.9 Å².